The fourth-order valence-corrected chi connectivity index (χ4v) is 2.30. The van der Waals surface area contributed by atoms with Gasteiger partial charge in [-0.05, 0) is 26.2 Å². The van der Waals surface area contributed by atoms with Gasteiger partial charge in [0.05, 0.1) is 5.69 Å². The molecule has 1 rings (SSSR count). The third-order valence-corrected chi connectivity index (χ3v) is 3.45. The summed E-state index contributed by atoms with van der Waals surface area (Å²) in [7, 11) is 1.67. The number of likely N-dealkylation sites (N-methyl/N-ethyl adjacent to an activating group) is 1. The van der Waals surface area contributed by atoms with Gasteiger partial charge in [-0.3, -0.25) is 9.89 Å². The molecule has 0 saturated heterocycles. The summed E-state index contributed by atoms with van der Waals surface area (Å²) in [6.07, 6.45) is 2.40. The van der Waals surface area contributed by atoms with E-state index in [1.165, 1.54) is 4.90 Å². The number of hydrogen-bond acceptors (Lipinski definition) is 5. The molecule has 1 aromatic rings. The molecule has 0 aliphatic rings. The smallest absolute Gasteiger partial charge is 0.253 e. The minimum absolute atomic E-state index is 0.197. The van der Waals surface area contributed by atoms with Crippen molar-refractivity contribution in [2.75, 3.05) is 19.3 Å². The molecule has 4 N–H and O–H groups in total. The molecule has 7 heteroatoms. The molecule has 7 nitrogen and oxygen atoms in total. The van der Waals surface area contributed by atoms with Crippen molar-refractivity contribution < 1.29 is 9.90 Å². The molecular formula is C14H23N5O2. The third kappa shape index (κ3) is 4.20. The number of nitriles is 1. The number of nitrogen functional groups attached to an aromatic ring is 1. The van der Waals surface area contributed by atoms with Gasteiger partial charge in [-0.15, -0.1) is 0 Å². The van der Waals surface area contributed by atoms with Gasteiger partial charge in [0.25, 0.3) is 5.91 Å². The highest BCUT2D eigenvalue weighted by Crippen LogP contribution is 2.16. The van der Waals surface area contributed by atoms with Crippen molar-refractivity contribution in [3.05, 3.63) is 11.3 Å². The maximum Gasteiger partial charge on any atom is 0.253 e. The summed E-state index contributed by atoms with van der Waals surface area (Å²) in [5, 5.41) is 25.6. The van der Waals surface area contributed by atoms with Crippen molar-refractivity contribution in [2.24, 2.45) is 0 Å². The highest BCUT2D eigenvalue weighted by Gasteiger charge is 2.31. The van der Waals surface area contributed by atoms with Gasteiger partial charge in [-0.1, -0.05) is 13.3 Å². The van der Waals surface area contributed by atoms with Crippen LogP contribution in [0.4, 0.5) is 5.82 Å². The van der Waals surface area contributed by atoms with Crippen LogP contribution >= 0.6 is 0 Å². The molecule has 116 valence electrons. The van der Waals surface area contributed by atoms with Gasteiger partial charge in [0.1, 0.15) is 17.2 Å². The zero-order valence-corrected chi connectivity index (χ0v) is 12.8. The van der Waals surface area contributed by atoms with Gasteiger partial charge in [0, 0.05) is 13.6 Å². The average molecular weight is 293 g/mol. The molecule has 21 heavy (non-hydrogen) atoms. The van der Waals surface area contributed by atoms with E-state index in [0.29, 0.717) is 37.1 Å². The van der Waals surface area contributed by atoms with Crippen LogP contribution in [-0.4, -0.2) is 45.3 Å². The van der Waals surface area contributed by atoms with E-state index in [0.717, 1.165) is 6.42 Å². The minimum Gasteiger partial charge on any atom is -0.381 e. The number of amides is 1. The summed E-state index contributed by atoms with van der Waals surface area (Å²) in [5.41, 5.74) is 5.28. The second kappa shape index (κ2) is 7.09. The van der Waals surface area contributed by atoms with Crippen molar-refractivity contribution in [3.8, 4) is 6.07 Å². The molecule has 0 aliphatic heterocycles. The number of aliphatic hydroxyl groups is 1. The summed E-state index contributed by atoms with van der Waals surface area (Å²) in [4.78, 5) is 13.6. The van der Waals surface area contributed by atoms with Crippen LogP contribution in [0.15, 0.2) is 0 Å². The number of aromatic nitrogens is 2. The molecule has 1 heterocycles. The van der Waals surface area contributed by atoms with Gasteiger partial charge in [0.15, 0.2) is 5.82 Å². The normalized spacial score (nSPS) is 13.5. The zero-order valence-electron chi connectivity index (χ0n) is 12.8. The molecule has 0 aliphatic carbocycles. The summed E-state index contributed by atoms with van der Waals surface area (Å²) in [6, 6.07) is 2.01. The van der Waals surface area contributed by atoms with Gasteiger partial charge >= 0.3 is 0 Å². The maximum atomic E-state index is 12.1. The Morgan fingerprint density at radius 3 is 2.86 bits per heavy atom. The lowest BCUT2D eigenvalue weighted by Gasteiger charge is -2.27. The molecule has 0 spiro atoms. The molecule has 1 amide bonds. The number of hydrogen-bond donors (Lipinski definition) is 3. The topological polar surface area (TPSA) is 119 Å². The van der Waals surface area contributed by atoms with E-state index in [9.17, 15) is 9.90 Å². The Labute approximate surface area is 124 Å². The van der Waals surface area contributed by atoms with Gasteiger partial charge < -0.3 is 15.7 Å². The van der Waals surface area contributed by atoms with Crippen LogP contribution in [0.5, 0.6) is 0 Å². The van der Waals surface area contributed by atoms with Crippen molar-refractivity contribution in [2.45, 2.75) is 45.1 Å². The quantitative estimate of drug-likeness (QED) is 0.687. The van der Waals surface area contributed by atoms with E-state index in [2.05, 4.69) is 10.2 Å². The molecule has 0 saturated carbocycles. The highest BCUT2D eigenvalue weighted by atomic mass is 16.3. The van der Waals surface area contributed by atoms with E-state index in [-0.39, 0.29) is 11.7 Å². The predicted octanol–water partition coefficient (Wildman–Crippen LogP) is 0.806. The molecular weight excluding hydrogens is 270 g/mol. The van der Waals surface area contributed by atoms with E-state index in [1.807, 2.05) is 13.0 Å². The summed E-state index contributed by atoms with van der Waals surface area (Å²) >= 11 is 0. The number of carbonyl (C=O) groups excluding carboxylic acids is 1. The molecule has 1 aromatic heterocycles. The predicted molar refractivity (Wildman–Crippen MR) is 79.2 cm³/mol. The standard InChI is InChI=1S/C14H23N5O2/c1-4-7-14(2,21)13(20)19(3)8-5-6-11-10(9-15)12(16)18-17-11/h21H,4-8H2,1-3H3,(H3,16,17,18). The maximum absolute atomic E-state index is 12.1. The molecule has 1 atom stereocenters. The van der Waals surface area contributed by atoms with Crippen LogP contribution in [0, 0.1) is 11.3 Å². The summed E-state index contributed by atoms with van der Waals surface area (Å²) < 4.78 is 0. The lowest BCUT2D eigenvalue weighted by atomic mass is 9.99. The first-order chi connectivity index (χ1) is 9.83. The van der Waals surface area contributed by atoms with Crippen molar-refractivity contribution >= 4 is 11.7 Å². The van der Waals surface area contributed by atoms with Gasteiger partial charge in [-0.2, -0.15) is 10.4 Å². The number of rotatable bonds is 7. The number of aromatic amines is 1. The van der Waals surface area contributed by atoms with Crippen molar-refractivity contribution in [1.82, 2.24) is 15.1 Å². The van der Waals surface area contributed by atoms with Crippen LogP contribution in [0.1, 0.15) is 44.4 Å². The first-order valence-corrected chi connectivity index (χ1v) is 7.04. The van der Waals surface area contributed by atoms with Crippen LogP contribution < -0.4 is 5.73 Å². The SMILES string of the molecule is CCCC(C)(O)C(=O)N(C)CCCc1[nH]nc(N)c1C#N. The Kier molecular flexibility index (Phi) is 5.73. The molecule has 0 fully saturated rings. The monoisotopic (exact) mass is 293 g/mol. The van der Waals surface area contributed by atoms with Gasteiger partial charge in [-0.25, -0.2) is 0 Å². The summed E-state index contributed by atoms with van der Waals surface area (Å²) in [6.45, 7) is 3.95. The van der Waals surface area contributed by atoms with Crippen molar-refractivity contribution in [3.63, 3.8) is 0 Å². The third-order valence-electron chi connectivity index (χ3n) is 3.45. The lowest BCUT2D eigenvalue weighted by Crippen LogP contribution is -2.45. The van der Waals surface area contributed by atoms with E-state index < -0.39 is 5.60 Å². The molecule has 0 radical (unpaired) electrons. The van der Waals surface area contributed by atoms with E-state index in [4.69, 9.17) is 11.0 Å². The minimum atomic E-state index is -1.32. The highest BCUT2D eigenvalue weighted by molar-refractivity contribution is 5.84. The number of nitrogens with one attached hydrogen (secondary N) is 1. The molecule has 0 bridgehead atoms. The van der Waals surface area contributed by atoms with Crippen molar-refractivity contribution in [1.29, 1.82) is 5.26 Å². The molecule has 0 aromatic carbocycles. The van der Waals surface area contributed by atoms with Crippen LogP contribution in [0.2, 0.25) is 0 Å². The number of anilines is 1. The second-order valence-corrected chi connectivity index (χ2v) is 5.43. The number of nitrogens with two attached hydrogens (primary N) is 1. The Balaban J connectivity index is 2.52. The second-order valence-electron chi connectivity index (χ2n) is 5.43. The van der Waals surface area contributed by atoms with Crippen LogP contribution in [-0.2, 0) is 11.2 Å². The fraction of sp³-hybridized carbons (Fsp3) is 0.643. The number of aryl methyl sites for hydroxylation is 1. The van der Waals surface area contributed by atoms with Crippen LogP contribution in [0.3, 0.4) is 0 Å². The Bertz CT molecular complexity index is 530. The first-order valence-electron chi connectivity index (χ1n) is 7.04. The Morgan fingerprint density at radius 1 is 1.62 bits per heavy atom. The Morgan fingerprint density at radius 2 is 2.29 bits per heavy atom. The van der Waals surface area contributed by atoms with E-state index in [1.54, 1.807) is 14.0 Å². The summed E-state index contributed by atoms with van der Waals surface area (Å²) in [5.74, 6) is -0.0863. The lowest BCUT2D eigenvalue weighted by molar-refractivity contribution is -0.148. The molecule has 1 unspecified atom stereocenters. The number of carbonyl (C=O) groups is 1. The first kappa shape index (κ1) is 17.0. The van der Waals surface area contributed by atoms with Crippen LogP contribution in [0.25, 0.3) is 0 Å². The average Bonchev–Trinajstić information content (AvgIpc) is 2.78. The van der Waals surface area contributed by atoms with Gasteiger partial charge in [0.2, 0.25) is 0 Å². The fourth-order valence-electron chi connectivity index (χ4n) is 2.30. The number of nitrogens with zero attached hydrogens (tertiary/aromatic N) is 3. The van der Waals surface area contributed by atoms with E-state index >= 15 is 0 Å². The largest absolute Gasteiger partial charge is 0.381 e. The zero-order chi connectivity index (χ0) is 16.0. The Hall–Kier alpha value is -2.07. The number of H-pyrrole nitrogens is 1.